The molecule has 3 heterocycles. The SMILES string of the molecule is O=C(NCc1cn(-c2ccc3[nH]ncc3c2)nn1)C1CCNCC1. The smallest absolute Gasteiger partial charge is 0.223 e. The maximum Gasteiger partial charge on any atom is 0.223 e. The van der Waals surface area contributed by atoms with Crippen molar-refractivity contribution < 1.29 is 4.79 Å². The molecular weight excluding hydrogens is 306 g/mol. The summed E-state index contributed by atoms with van der Waals surface area (Å²) in [7, 11) is 0. The highest BCUT2D eigenvalue weighted by Gasteiger charge is 2.20. The third-order valence-electron chi connectivity index (χ3n) is 4.38. The summed E-state index contributed by atoms with van der Waals surface area (Å²) in [6.07, 6.45) is 5.40. The van der Waals surface area contributed by atoms with Crippen LogP contribution in [-0.2, 0) is 11.3 Å². The van der Waals surface area contributed by atoms with Crippen molar-refractivity contribution in [3.8, 4) is 5.69 Å². The number of rotatable bonds is 4. The van der Waals surface area contributed by atoms with Crippen LogP contribution in [0.4, 0.5) is 0 Å². The molecule has 0 saturated carbocycles. The second kappa shape index (κ2) is 6.40. The number of nitrogens with one attached hydrogen (secondary N) is 3. The van der Waals surface area contributed by atoms with E-state index in [0.717, 1.165) is 48.2 Å². The Morgan fingerprint density at radius 1 is 1.33 bits per heavy atom. The summed E-state index contributed by atoms with van der Waals surface area (Å²) < 4.78 is 1.71. The predicted octanol–water partition coefficient (Wildman–Crippen LogP) is 0.759. The fourth-order valence-electron chi connectivity index (χ4n) is 2.98. The van der Waals surface area contributed by atoms with E-state index in [-0.39, 0.29) is 11.8 Å². The molecule has 8 nitrogen and oxygen atoms in total. The molecule has 1 saturated heterocycles. The van der Waals surface area contributed by atoms with Gasteiger partial charge >= 0.3 is 0 Å². The first-order chi connectivity index (χ1) is 11.8. The van der Waals surface area contributed by atoms with Crippen LogP contribution in [0.1, 0.15) is 18.5 Å². The number of hydrogen-bond acceptors (Lipinski definition) is 5. The highest BCUT2D eigenvalue weighted by Crippen LogP contribution is 2.16. The second-order valence-corrected chi connectivity index (χ2v) is 6.04. The molecule has 4 rings (SSSR count). The van der Waals surface area contributed by atoms with E-state index >= 15 is 0 Å². The molecule has 2 aromatic heterocycles. The number of piperidine rings is 1. The van der Waals surface area contributed by atoms with Gasteiger partial charge in [-0.1, -0.05) is 5.21 Å². The Kier molecular flexibility index (Phi) is 3.96. The molecule has 0 spiro atoms. The molecule has 0 aliphatic carbocycles. The van der Waals surface area contributed by atoms with Crippen LogP contribution < -0.4 is 10.6 Å². The van der Waals surface area contributed by atoms with Gasteiger partial charge in [-0.2, -0.15) is 5.10 Å². The topological polar surface area (TPSA) is 101 Å². The molecule has 0 atom stereocenters. The quantitative estimate of drug-likeness (QED) is 0.657. The van der Waals surface area contributed by atoms with Crippen molar-refractivity contribution in [3.63, 3.8) is 0 Å². The fourth-order valence-corrected chi connectivity index (χ4v) is 2.98. The number of fused-ring (bicyclic) bond motifs is 1. The zero-order valence-electron chi connectivity index (χ0n) is 13.2. The van der Waals surface area contributed by atoms with Crippen molar-refractivity contribution in [1.29, 1.82) is 0 Å². The maximum atomic E-state index is 12.2. The van der Waals surface area contributed by atoms with E-state index in [1.54, 1.807) is 10.9 Å². The third kappa shape index (κ3) is 3.00. The lowest BCUT2D eigenvalue weighted by atomic mass is 9.97. The first kappa shape index (κ1) is 14.8. The van der Waals surface area contributed by atoms with Gasteiger partial charge in [0.25, 0.3) is 0 Å². The van der Waals surface area contributed by atoms with Gasteiger partial charge < -0.3 is 10.6 Å². The maximum absolute atomic E-state index is 12.2. The van der Waals surface area contributed by atoms with Gasteiger partial charge in [-0.15, -0.1) is 5.10 Å². The minimum absolute atomic E-state index is 0.102. The van der Waals surface area contributed by atoms with E-state index in [1.807, 2.05) is 24.4 Å². The number of nitrogens with zero attached hydrogens (tertiary/aromatic N) is 4. The monoisotopic (exact) mass is 325 g/mol. The van der Waals surface area contributed by atoms with Gasteiger partial charge in [-0.05, 0) is 44.1 Å². The molecule has 1 amide bonds. The Labute approximate surface area is 138 Å². The van der Waals surface area contributed by atoms with E-state index < -0.39 is 0 Å². The van der Waals surface area contributed by atoms with Crippen LogP contribution in [0.25, 0.3) is 16.6 Å². The number of carbonyl (C=O) groups excluding carboxylic acids is 1. The molecule has 1 aliphatic rings. The Balaban J connectivity index is 1.41. The normalized spacial score (nSPS) is 15.7. The molecule has 1 fully saturated rings. The molecule has 3 N–H and O–H groups in total. The van der Waals surface area contributed by atoms with Gasteiger partial charge in [-0.3, -0.25) is 9.89 Å². The van der Waals surface area contributed by atoms with Crippen LogP contribution in [0.2, 0.25) is 0 Å². The summed E-state index contributed by atoms with van der Waals surface area (Å²) in [5.74, 6) is 0.204. The Hall–Kier alpha value is -2.74. The molecule has 124 valence electrons. The van der Waals surface area contributed by atoms with Crippen molar-refractivity contribution in [2.24, 2.45) is 5.92 Å². The van der Waals surface area contributed by atoms with Crippen molar-refractivity contribution in [2.75, 3.05) is 13.1 Å². The summed E-state index contributed by atoms with van der Waals surface area (Å²) in [6, 6.07) is 5.90. The Morgan fingerprint density at radius 2 is 2.21 bits per heavy atom. The molecule has 0 unspecified atom stereocenters. The molecule has 0 bridgehead atoms. The summed E-state index contributed by atoms with van der Waals surface area (Å²) in [5, 5.41) is 22.5. The number of aromatic nitrogens is 5. The zero-order chi connectivity index (χ0) is 16.4. The lowest BCUT2D eigenvalue weighted by Crippen LogP contribution is -2.37. The van der Waals surface area contributed by atoms with Crippen LogP contribution in [-0.4, -0.2) is 44.2 Å². The van der Waals surface area contributed by atoms with Gasteiger partial charge in [0.2, 0.25) is 5.91 Å². The average Bonchev–Trinajstić information content (AvgIpc) is 3.29. The minimum atomic E-state index is 0.102. The second-order valence-electron chi connectivity index (χ2n) is 6.04. The first-order valence-electron chi connectivity index (χ1n) is 8.13. The summed E-state index contributed by atoms with van der Waals surface area (Å²) in [4.78, 5) is 12.2. The van der Waals surface area contributed by atoms with Crippen molar-refractivity contribution >= 4 is 16.8 Å². The highest BCUT2D eigenvalue weighted by molar-refractivity contribution is 5.80. The van der Waals surface area contributed by atoms with E-state index in [4.69, 9.17) is 0 Å². The highest BCUT2D eigenvalue weighted by atomic mass is 16.1. The van der Waals surface area contributed by atoms with Crippen molar-refractivity contribution in [1.82, 2.24) is 35.8 Å². The number of amides is 1. The molecular formula is C16H19N7O. The fraction of sp³-hybridized carbons (Fsp3) is 0.375. The van der Waals surface area contributed by atoms with Crippen molar-refractivity contribution in [3.05, 3.63) is 36.3 Å². The standard InChI is InChI=1S/C16H19N7O/c24-16(11-3-5-17-6-4-11)18-9-13-10-23(22-20-13)14-1-2-15-12(7-14)8-19-21-15/h1-2,7-8,10-11,17H,3-6,9H2,(H,18,24)(H,19,21). The number of benzene rings is 1. The lowest BCUT2D eigenvalue weighted by Gasteiger charge is -2.21. The van der Waals surface area contributed by atoms with E-state index in [2.05, 4.69) is 31.1 Å². The van der Waals surface area contributed by atoms with Crippen LogP contribution >= 0.6 is 0 Å². The molecule has 1 aromatic carbocycles. The molecule has 24 heavy (non-hydrogen) atoms. The van der Waals surface area contributed by atoms with Gasteiger partial charge in [0, 0.05) is 11.3 Å². The predicted molar refractivity (Wildman–Crippen MR) is 88.5 cm³/mol. The van der Waals surface area contributed by atoms with Gasteiger partial charge in [0.15, 0.2) is 0 Å². The largest absolute Gasteiger partial charge is 0.350 e. The van der Waals surface area contributed by atoms with Crippen molar-refractivity contribution in [2.45, 2.75) is 19.4 Å². The third-order valence-corrected chi connectivity index (χ3v) is 4.38. The minimum Gasteiger partial charge on any atom is -0.350 e. The number of aromatic amines is 1. The van der Waals surface area contributed by atoms with E-state index in [0.29, 0.717) is 6.54 Å². The number of H-pyrrole nitrogens is 1. The molecule has 3 aromatic rings. The van der Waals surface area contributed by atoms with E-state index in [1.165, 1.54) is 0 Å². The van der Waals surface area contributed by atoms with Crippen LogP contribution in [0.3, 0.4) is 0 Å². The van der Waals surface area contributed by atoms with Gasteiger partial charge in [0.05, 0.1) is 30.1 Å². The lowest BCUT2D eigenvalue weighted by molar-refractivity contribution is -0.125. The van der Waals surface area contributed by atoms with Crippen LogP contribution in [0, 0.1) is 5.92 Å². The van der Waals surface area contributed by atoms with Gasteiger partial charge in [0.1, 0.15) is 5.69 Å². The van der Waals surface area contributed by atoms with Crippen LogP contribution in [0.15, 0.2) is 30.6 Å². The Morgan fingerprint density at radius 3 is 3.08 bits per heavy atom. The number of hydrogen-bond donors (Lipinski definition) is 3. The Bertz CT molecular complexity index is 847. The molecule has 0 radical (unpaired) electrons. The van der Waals surface area contributed by atoms with E-state index in [9.17, 15) is 4.79 Å². The number of carbonyl (C=O) groups is 1. The van der Waals surface area contributed by atoms with Crippen LogP contribution in [0.5, 0.6) is 0 Å². The average molecular weight is 325 g/mol. The molecule has 8 heteroatoms. The summed E-state index contributed by atoms with van der Waals surface area (Å²) in [6.45, 7) is 2.21. The summed E-state index contributed by atoms with van der Waals surface area (Å²) >= 11 is 0. The summed E-state index contributed by atoms with van der Waals surface area (Å²) in [5.41, 5.74) is 2.63. The molecule has 1 aliphatic heterocycles. The zero-order valence-corrected chi connectivity index (χ0v) is 13.2. The van der Waals surface area contributed by atoms with Gasteiger partial charge in [-0.25, -0.2) is 4.68 Å². The first-order valence-corrected chi connectivity index (χ1v) is 8.13.